The van der Waals surface area contributed by atoms with Gasteiger partial charge in [0.2, 0.25) is 0 Å². The second kappa shape index (κ2) is 6.84. The van der Waals surface area contributed by atoms with Gasteiger partial charge in [-0.1, -0.05) is 11.6 Å². The van der Waals surface area contributed by atoms with E-state index in [1.54, 1.807) is 24.3 Å². The van der Waals surface area contributed by atoms with E-state index in [1.807, 2.05) is 11.8 Å². The van der Waals surface area contributed by atoms with E-state index in [-0.39, 0.29) is 12.3 Å². The van der Waals surface area contributed by atoms with Crippen LogP contribution in [0, 0.1) is 0 Å². The standard InChI is InChI=1S/C15H21ClN2O2/c1-11-5-3-4-10-18(11)15(19)17-12(2)20-14-8-6-13(16)7-9-14/h6-9,11-12H,3-5,10H2,1-2H3,(H,17,19). The average Bonchev–Trinajstić information content (AvgIpc) is 2.41. The molecule has 1 N–H and O–H groups in total. The molecule has 1 saturated heterocycles. The number of benzene rings is 1. The summed E-state index contributed by atoms with van der Waals surface area (Å²) in [7, 11) is 0. The quantitative estimate of drug-likeness (QED) is 0.865. The summed E-state index contributed by atoms with van der Waals surface area (Å²) in [5.74, 6) is 0.689. The third kappa shape index (κ3) is 4.04. The van der Waals surface area contributed by atoms with E-state index in [0.717, 1.165) is 19.4 Å². The molecule has 0 radical (unpaired) electrons. The molecule has 0 aliphatic carbocycles. The van der Waals surface area contributed by atoms with Crippen molar-refractivity contribution in [1.82, 2.24) is 10.2 Å². The van der Waals surface area contributed by atoms with Crippen LogP contribution < -0.4 is 10.1 Å². The molecule has 0 spiro atoms. The third-order valence-corrected chi connectivity index (χ3v) is 3.77. The lowest BCUT2D eigenvalue weighted by molar-refractivity contribution is 0.129. The zero-order valence-electron chi connectivity index (χ0n) is 11.9. The van der Waals surface area contributed by atoms with Gasteiger partial charge in [0.1, 0.15) is 5.75 Å². The molecule has 0 saturated carbocycles. The van der Waals surface area contributed by atoms with E-state index < -0.39 is 0 Å². The highest BCUT2D eigenvalue weighted by molar-refractivity contribution is 6.30. The van der Waals surface area contributed by atoms with Crippen molar-refractivity contribution in [2.75, 3.05) is 6.54 Å². The largest absolute Gasteiger partial charge is 0.471 e. The van der Waals surface area contributed by atoms with E-state index in [0.29, 0.717) is 16.8 Å². The van der Waals surface area contributed by atoms with Gasteiger partial charge in [-0.2, -0.15) is 0 Å². The minimum absolute atomic E-state index is 0.0568. The first-order valence-electron chi connectivity index (χ1n) is 7.05. The number of piperidine rings is 1. The van der Waals surface area contributed by atoms with E-state index in [9.17, 15) is 4.79 Å². The van der Waals surface area contributed by atoms with Crippen LogP contribution in [-0.4, -0.2) is 29.7 Å². The van der Waals surface area contributed by atoms with Gasteiger partial charge in [0.05, 0.1) is 0 Å². The van der Waals surface area contributed by atoms with Crippen LogP contribution in [0.1, 0.15) is 33.1 Å². The number of hydrogen-bond donors (Lipinski definition) is 1. The second-order valence-corrected chi connectivity index (χ2v) is 5.64. The van der Waals surface area contributed by atoms with E-state index in [4.69, 9.17) is 16.3 Å². The zero-order chi connectivity index (χ0) is 14.5. The Morgan fingerprint density at radius 1 is 1.40 bits per heavy atom. The fourth-order valence-electron chi connectivity index (χ4n) is 2.40. The molecule has 2 unspecified atom stereocenters. The van der Waals surface area contributed by atoms with Gasteiger partial charge < -0.3 is 15.0 Å². The van der Waals surface area contributed by atoms with Gasteiger partial charge in [-0.25, -0.2) is 4.79 Å². The van der Waals surface area contributed by atoms with Gasteiger partial charge in [0, 0.05) is 17.6 Å². The fourth-order valence-corrected chi connectivity index (χ4v) is 2.53. The maximum absolute atomic E-state index is 12.2. The Morgan fingerprint density at radius 3 is 2.75 bits per heavy atom. The highest BCUT2D eigenvalue weighted by Gasteiger charge is 2.24. The first-order valence-corrected chi connectivity index (χ1v) is 7.43. The van der Waals surface area contributed by atoms with Crippen LogP contribution in [0.5, 0.6) is 5.75 Å². The second-order valence-electron chi connectivity index (χ2n) is 5.20. The molecule has 20 heavy (non-hydrogen) atoms. The summed E-state index contributed by atoms with van der Waals surface area (Å²) in [6, 6.07) is 7.34. The maximum Gasteiger partial charge on any atom is 0.320 e. The van der Waals surface area contributed by atoms with Crippen molar-refractivity contribution < 1.29 is 9.53 Å². The number of urea groups is 1. The fraction of sp³-hybridized carbons (Fsp3) is 0.533. The SMILES string of the molecule is CC(NC(=O)N1CCCCC1C)Oc1ccc(Cl)cc1. The highest BCUT2D eigenvalue weighted by atomic mass is 35.5. The molecule has 1 aromatic rings. The topological polar surface area (TPSA) is 41.6 Å². The molecular weight excluding hydrogens is 276 g/mol. The van der Waals surface area contributed by atoms with Crippen LogP contribution in [-0.2, 0) is 0 Å². The Labute approximate surface area is 125 Å². The summed E-state index contributed by atoms with van der Waals surface area (Å²) in [4.78, 5) is 14.1. The number of carbonyl (C=O) groups excluding carboxylic acids is 1. The van der Waals surface area contributed by atoms with Crippen molar-refractivity contribution in [3.8, 4) is 5.75 Å². The summed E-state index contributed by atoms with van der Waals surface area (Å²) in [6.45, 7) is 4.73. The van der Waals surface area contributed by atoms with Crippen molar-refractivity contribution in [3.05, 3.63) is 29.3 Å². The maximum atomic E-state index is 12.2. The average molecular weight is 297 g/mol. The summed E-state index contributed by atoms with van der Waals surface area (Å²) in [6.07, 6.45) is 2.96. The van der Waals surface area contributed by atoms with Gasteiger partial charge in [-0.15, -0.1) is 0 Å². The lowest BCUT2D eigenvalue weighted by Gasteiger charge is -2.34. The Bertz CT molecular complexity index is 450. The van der Waals surface area contributed by atoms with Crippen molar-refractivity contribution in [2.24, 2.45) is 0 Å². The summed E-state index contributed by atoms with van der Waals surface area (Å²) < 4.78 is 5.65. The minimum Gasteiger partial charge on any atom is -0.471 e. The third-order valence-electron chi connectivity index (χ3n) is 3.52. The lowest BCUT2D eigenvalue weighted by atomic mass is 10.0. The van der Waals surface area contributed by atoms with Crippen LogP contribution in [0.3, 0.4) is 0 Å². The number of halogens is 1. The number of rotatable bonds is 3. The zero-order valence-corrected chi connectivity index (χ0v) is 12.7. The van der Waals surface area contributed by atoms with Crippen molar-refractivity contribution in [3.63, 3.8) is 0 Å². The van der Waals surface area contributed by atoms with E-state index in [2.05, 4.69) is 12.2 Å². The van der Waals surface area contributed by atoms with Gasteiger partial charge in [-0.05, 0) is 57.4 Å². The smallest absolute Gasteiger partial charge is 0.320 e. The minimum atomic E-state index is -0.377. The molecule has 2 atom stereocenters. The Balaban J connectivity index is 1.85. The summed E-state index contributed by atoms with van der Waals surface area (Å²) in [5, 5.41) is 3.54. The number of hydrogen-bond acceptors (Lipinski definition) is 2. The lowest BCUT2D eigenvalue weighted by Crippen LogP contribution is -2.50. The van der Waals surface area contributed by atoms with Crippen molar-refractivity contribution in [2.45, 2.75) is 45.4 Å². The number of ether oxygens (including phenoxy) is 1. The molecule has 1 fully saturated rings. The number of amides is 2. The van der Waals surface area contributed by atoms with Gasteiger partial charge >= 0.3 is 6.03 Å². The van der Waals surface area contributed by atoms with Gasteiger partial charge in [0.25, 0.3) is 0 Å². The molecule has 1 heterocycles. The van der Waals surface area contributed by atoms with E-state index in [1.165, 1.54) is 6.42 Å². The van der Waals surface area contributed by atoms with Crippen LogP contribution in [0.15, 0.2) is 24.3 Å². The first kappa shape index (κ1) is 15.0. The Hall–Kier alpha value is -1.42. The molecule has 1 aromatic carbocycles. The van der Waals surface area contributed by atoms with Crippen LogP contribution in [0.2, 0.25) is 5.02 Å². The monoisotopic (exact) mass is 296 g/mol. The molecule has 2 rings (SSSR count). The molecule has 4 nitrogen and oxygen atoms in total. The summed E-state index contributed by atoms with van der Waals surface area (Å²) >= 11 is 5.82. The molecule has 5 heteroatoms. The van der Waals surface area contributed by atoms with Crippen molar-refractivity contribution >= 4 is 17.6 Å². The number of likely N-dealkylation sites (tertiary alicyclic amines) is 1. The van der Waals surface area contributed by atoms with Crippen LogP contribution >= 0.6 is 11.6 Å². The van der Waals surface area contributed by atoms with Gasteiger partial charge in [-0.3, -0.25) is 0 Å². The number of carbonyl (C=O) groups is 1. The Kier molecular flexibility index (Phi) is 5.12. The molecular formula is C15H21ClN2O2. The van der Waals surface area contributed by atoms with Crippen LogP contribution in [0.25, 0.3) is 0 Å². The molecule has 1 aliphatic heterocycles. The van der Waals surface area contributed by atoms with Crippen molar-refractivity contribution in [1.29, 1.82) is 0 Å². The number of nitrogens with one attached hydrogen (secondary N) is 1. The molecule has 110 valence electrons. The van der Waals surface area contributed by atoms with Gasteiger partial charge in [0.15, 0.2) is 6.23 Å². The predicted octanol–water partition coefficient (Wildman–Crippen LogP) is 3.65. The van der Waals surface area contributed by atoms with Crippen LogP contribution in [0.4, 0.5) is 4.79 Å². The van der Waals surface area contributed by atoms with E-state index >= 15 is 0 Å². The number of nitrogens with zero attached hydrogens (tertiary/aromatic N) is 1. The predicted molar refractivity (Wildman–Crippen MR) is 80.1 cm³/mol. The Morgan fingerprint density at radius 2 is 2.10 bits per heavy atom. The highest BCUT2D eigenvalue weighted by Crippen LogP contribution is 2.18. The molecule has 0 bridgehead atoms. The molecule has 0 aromatic heterocycles. The molecule has 1 aliphatic rings. The normalized spacial score (nSPS) is 20.4. The summed E-state index contributed by atoms with van der Waals surface area (Å²) in [5.41, 5.74) is 0. The molecule has 2 amide bonds. The first-order chi connectivity index (χ1) is 9.56.